The van der Waals surface area contributed by atoms with Crippen LogP contribution in [0, 0.1) is 0 Å². The molecule has 0 aliphatic carbocycles. The second-order valence-corrected chi connectivity index (χ2v) is 12.0. The van der Waals surface area contributed by atoms with Gasteiger partial charge in [0.25, 0.3) is 0 Å². The van der Waals surface area contributed by atoms with Gasteiger partial charge in [0.15, 0.2) is 11.6 Å². The Morgan fingerprint density at radius 2 is 0.979 bits per heavy atom. The fourth-order valence-corrected chi connectivity index (χ4v) is 6.66. The van der Waals surface area contributed by atoms with Crippen LogP contribution in [0.3, 0.4) is 0 Å². The summed E-state index contributed by atoms with van der Waals surface area (Å²) in [6.45, 7) is 0. The molecule has 0 aliphatic rings. The third-order valence-electron chi connectivity index (χ3n) is 8.99. The Morgan fingerprint density at radius 1 is 0.417 bits per heavy atom. The van der Waals surface area contributed by atoms with Crippen LogP contribution in [0.5, 0.6) is 0 Å². The second kappa shape index (κ2) is 11.8. The topological polar surface area (TPSA) is 51.8 Å². The van der Waals surface area contributed by atoms with Crippen LogP contribution < -0.4 is 0 Å². The molecule has 9 aromatic rings. The van der Waals surface area contributed by atoms with Crippen molar-refractivity contribution in [3.8, 4) is 45.0 Å². The van der Waals surface area contributed by atoms with Crippen LogP contribution in [0.2, 0.25) is 0 Å². The molecule has 4 heteroatoms. The summed E-state index contributed by atoms with van der Waals surface area (Å²) in [7, 11) is 0. The fraction of sp³-hybridized carbons (Fsp3) is 0.0227. The van der Waals surface area contributed by atoms with Crippen molar-refractivity contribution in [2.45, 2.75) is 6.42 Å². The number of aromatic nitrogens is 3. The van der Waals surface area contributed by atoms with Gasteiger partial charge in [0.1, 0.15) is 17.0 Å². The molecule has 4 nitrogen and oxygen atoms in total. The normalized spacial score (nSPS) is 11.4. The molecule has 0 unspecified atom stereocenters. The van der Waals surface area contributed by atoms with Crippen molar-refractivity contribution in [3.63, 3.8) is 0 Å². The highest BCUT2D eigenvalue weighted by Gasteiger charge is 2.20. The van der Waals surface area contributed by atoms with Crippen molar-refractivity contribution in [1.29, 1.82) is 0 Å². The molecule has 226 valence electrons. The Kier molecular flexibility index (Phi) is 6.83. The van der Waals surface area contributed by atoms with Crippen LogP contribution in [0.15, 0.2) is 168 Å². The number of rotatable bonds is 6. The highest BCUT2D eigenvalue weighted by molar-refractivity contribution is 6.21. The van der Waals surface area contributed by atoms with Gasteiger partial charge in [-0.05, 0) is 39.1 Å². The number of hydrogen-bond donors (Lipinski definition) is 0. The molecule has 48 heavy (non-hydrogen) atoms. The number of hydrogen-bond acceptors (Lipinski definition) is 4. The second-order valence-electron chi connectivity index (χ2n) is 12.0. The Labute approximate surface area is 278 Å². The maximum absolute atomic E-state index is 6.71. The predicted octanol–water partition coefficient (Wildman–Crippen LogP) is 11.2. The zero-order chi connectivity index (χ0) is 31.9. The van der Waals surface area contributed by atoms with E-state index < -0.39 is 0 Å². The van der Waals surface area contributed by atoms with Crippen LogP contribution in [0.4, 0.5) is 0 Å². The smallest absolute Gasteiger partial charge is 0.163 e. The molecule has 0 radical (unpaired) electrons. The van der Waals surface area contributed by atoms with Crippen LogP contribution in [-0.2, 0) is 6.42 Å². The summed E-state index contributed by atoms with van der Waals surface area (Å²) < 4.78 is 6.71. The van der Waals surface area contributed by atoms with Gasteiger partial charge in [0, 0.05) is 33.9 Å². The zero-order valence-corrected chi connectivity index (χ0v) is 26.0. The quantitative estimate of drug-likeness (QED) is 0.187. The number of furan rings is 1. The zero-order valence-electron chi connectivity index (χ0n) is 26.0. The minimum absolute atomic E-state index is 0.515. The van der Waals surface area contributed by atoms with Crippen LogP contribution in [0.1, 0.15) is 11.4 Å². The van der Waals surface area contributed by atoms with Gasteiger partial charge < -0.3 is 4.42 Å². The molecular formula is C44H29N3O. The SMILES string of the molecule is c1ccc(-c2ccc(-c3nc(Cc4ccc(-c5ccccc5)c5oc6ccc7ccccc7c6c45)nc(-c4ccccc4)n3)cc2)cc1. The van der Waals surface area contributed by atoms with Crippen molar-refractivity contribution in [2.75, 3.05) is 0 Å². The first-order valence-corrected chi connectivity index (χ1v) is 16.2. The van der Waals surface area contributed by atoms with Crippen LogP contribution >= 0.6 is 0 Å². The minimum atomic E-state index is 0.515. The third kappa shape index (κ3) is 5.01. The van der Waals surface area contributed by atoms with E-state index in [1.807, 2.05) is 42.5 Å². The van der Waals surface area contributed by atoms with Crippen molar-refractivity contribution < 1.29 is 4.42 Å². The molecule has 7 aromatic carbocycles. The molecule has 9 rings (SSSR count). The van der Waals surface area contributed by atoms with E-state index in [1.165, 1.54) is 16.3 Å². The molecule has 0 bridgehead atoms. The summed E-state index contributed by atoms with van der Waals surface area (Å²) in [4.78, 5) is 15.1. The lowest BCUT2D eigenvalue weighted by atomic mass is 9.95. The Hall–Kier alpha value is -6.39. The Morgan fingerprint density at radius 3 is 1.69 bits per heavy atom. The van der Waals surface area contributed by atoms with E-state index in [0.717, 1.165) is 55.3 Å². The summed E-state index contributed by atoms with van der Waals surface area (Å²) in [5.74, 6) is 2.01. The third-order valence-corrected chi connectivity index (χ3v) is 8.99. The summed E-state index contributed by atoms with van der Waals surface area (Å²) in [5.41, 5.74) is 9.25. The van der Waals surface area contributed by atoms with Gasteiger partial charge in [-0.3, -0.25) is 0 Å². The van der Waals surface area contributed by atoms with Gasteiger partial charge in [-0.1, -0.05) is 158 Å². The van der Waals surface area contributed by atoms with Gasteiger partial charge in [0.2, 0.25) is 0 Å². The van der Waals surface area contributed by atoms with E-state index in [2.05, 4.69) is 121 Å². The monoisotopic (exact) mass is 615 g/mol. The number of benzene rings is 7. The lowest BCUT2D eigenvalue weighted by Crippen LogP contribution is -2.04. The van der Waals surface area contributed by atoms with Crippen LogP contribution in [-0.4, -0.2) is 15.0 Å². The maximum Gasteiger partial charge on any atom is 0.163 e. The van der Waals surface area contributed by atoms with Gasteiger partial charge in [-0.15, -0.1) is 0 Å². The molecule has 0 spiro atoms. The number of nitrogens with zero attached hydrogens (tertiary/aromatic N) is 3. The van der Waals surface area contributed by atoms with E-state index in [0.29, 0.717) is 23.9 Å². The van der Waals surface area contributed by atoms with Gasteiger partial charge >= 0.3 is 0 Å². The molecule has 0 atom stereocenters. The maximum atomic E-state index is 6.71. The highest BCUT2D eigenvalue weighted by Crippen LogP contribution is 2.41. The van der Waals surface area contributed by atoms with Crippen molar-refractivity contribution in [3.05, 3.63) is 175 Å². The Balaban J connectivity index is 1.22. The van der Waals surface area contributed by atoms with E-state index >= 15 is 0 Å². The lowest BCUT2D eigenvalue weighted by molar-refractivity contribution is 0.670. The molecule has 2 heterocycles. The molecular weight excluding hydrogens is 587 g/mol. The van der Waals surface area contributed by atoms with E-state index in [4.69, 9.17) is 19.4 Å². The first kappa shape index (κ1) is 27.9. The van der Waals surface area contributed by atoms with Crippen LogP contribution in [0.25, 0.3) is 77.7 Å². The van der Waals surface area contributed by atoms with Crippen molar-refractivity contribution in [2.24, 2.45) is 0 Å². The molecule has 0 aliphatic heterocycles. The molecule has 0 saturated carbocycles. The highest BCUT2D eigenvalue weighted by atomic mass is 16.3. The molecule has 2 aromatic heterocycles. The lowest BCUT2D eigenvalue weighted by Gasteiger charge is -2.11. The van der Waals surface area contributed by atoms with E-state index in [1.54, 1.807) is 0 Å². The van der Waals surface area contributed by atoms with Gasteiger partial charge in [-0.2, -0.15) is 0 Å². The molecule has 0 saturated heterocycles. The summed E-state index contributed by atoms with van der Waals surface area (Å²) in [6, 6.07) is 56.5. The fourth-order valence-electron chi connectivity index (χ4n) is 6.66. The molecule has 0 amide bonds. The van der Waals surface area contributed by atoms with E-state index in [-0.39, 0.29) is 0 Å². The van der Waals surface area contributed by atoms with Crippen molar-refractivity contribution >= 4 is 32.7 Å². The minimum Gasteiger partial charge on any atom is -0.455 e. The van der Waals surface area contributed by atoms with Gasteiger partial charge in [-0.25, -0.2) is 15.0 Å². The largest absolute Gasteiger partial charge is 0.455 e. The first-order valence-electron chi connectivity index (χ1n) is 16.2. The van der Waals surface area contributed by atoms with E-state index in [9.17, 15) is 0 Å². The summed E-state index contributed by atoms with van der Waals surface area (Å²) in [6.07, 6.45) is 0.515. The molecule has 0 N–H and O–H groups in total. The number of fused-ring (bicyclic) bond motifs is 5. The van der Waals surface area contributed by atoms with Crippen molar-refractivity contribution in [1.82, 2.24) is 15.0 Å². The standard InChI is InChI=1S/C44H29N3O/c1-4-12-29(13-5-1)30-20-22-34(23-21-30)44-46-39(45-43(47-44)33-17-8-3-9-18-33)28-35-24-26-37(31-14-6-2-7-15-31)42-40(35)41-36-19-11-10-16-32(36)25-27-38(41)48-42/h1-27H,28H2. The summed E-state index contributed by atoms with van der Waals surface area (Å²) in [5, 5.41) is 4.56. The first-order chi connectivity index (χ1) is 23.8. The molecule has 0 fully saturated rings. The predicted molar refractivity (Wildman–Crippen MR) is 196 cm³/mol. The summed E-state index contributed by atoms with van der Waals surface area (Å²) >= 11 is 0. The average Bonchev–Trinajstić information content (AvgIpc) is 3.57. The Bertz CT molecular complexity index is 2560. The average molecular weight is 616 g/mol. The van der Waals surface area contributed by atoms with Gasteiger partial charge in [0.05, 0.1) is 0 Å².